The molecule has 3 heterocycles. The quantitative estimate of drug-likeness (QED) is 0.424. The molecule has 3 aromatic rings. The number of carbonyl (C=O) groups is 1. The number of amides is 2. The highest BCUT2D eigenvalue weighted by Crippen LogP contribution is 2.51. The molecule has 0 radical (unpaired) electrons. The van der Waals surface area contributed by atoms with Crippen LogP contribution in [0, 0.1) is 0 Å². The number of urea groups is 1. The van der Waals surface area contributed by atoms with Gasteiger partial charge in [-0.15, -0.1) is 0 Å². The second-order valence-electron chi connectivity index (χ2n) is 11.6. The van der Waals surface area contributed by atoms with E-state index in [1.165, 1.54) is 6.26 Å². The van der Waals surface area contributed by atoms with Gasteiger partial charge in [0, 0.05) is 30.7 Å². The van der Waals surface area contributed by atoms with E-state index >= 15 is 0 Å². The van der Waals surface area contributed by atoms with Crippen molar-refractivity contribution >= 4 is 21.6 Å². The molecular weight excluding hydrogens is 526 g/mol. The summed E-state index contributed by atoms with van der Waals surface area (Å²) in [6, 6.07) is 10.4. The lowest BCUT2D eigenvalue weighted by Gasteiger charge is -2.24. The molecule has 1 N–H and O–H groups in total. The molecule has 1 aliphatic heterocycles. The average Bonchev–Trinajstić information content (AvgIpc) is 3.59. The monoisotopic (exact) mass is 561 g/mol. The zero-order valence-electron chi connectivity index (χ0n) is 23.2. The van der Waals surface area contributed by atoms with Crippen molar-refractivity contribution in [3.05, 3.63) is 59.7 Å². The van der Waals surface area contributed by atoms with Gasteiger partial charge >= 0.3 is 6.03 Å². The van der Waals surface area contributed by atoms with Gasteiger partial charge in [0.05, 0.1) is 39.3 Å². The van der Waals surface area contributed by atoms with E-state index in [-0.39, 0.29) is 22.4 Å². The number of hydrogen-bond acceptors (Lipinski definition) is 7. The lowest BCUT2D eigenvalue weighted by Crippen LogP contribution is -2.41. The first-order valence-electron chi connectivity index (χ1n) is 14.0. The van der Waals surface area contributed by atoms with E-state index in [1.54, 1.807) is 30.6 Å². The molecule has 2 amide bonds. The average molecular weight is 562 g/mol. The summed E-state index contributed by atoms with van der Waals surface area (Å²) in [7, 11) is -3.27. The van der Waals surface area contributed by atoms with Gasteiger partial charge in [-0.2, -0.15) is 0 Å². The van der Waals surface area contributed by atoms with Crippen LogP contribution in [0.4, 0.5) is 10.5 Å². The maximum Gasteiger partial charge on any atom is 0.322 e. The zero-order valence-corrected chi connectivity index (χ0v) is 24.0. The third kappa shape index (κ3) is 5.05. The van der Waals surface area contributed by atoms with Gasteiger partial charge in [0.1, 0.15) is 6.33 Å². The topological polar surface area (TPSA) is 114 Å². The van der Waals surface area contributed by atoms with E-state index < -0.39 is 9.84 Å². The number of fused-ring (bicyclic) bond motifs is 2. The van der Waals surface area contributed by atoms with Crippen LogP contribution in [0.5, 0.6) is 5.88 Å². The van der Waals surface area contributed by atoms with Gasteiger partial charge in [-0.3, -0.25) is 4.90 Å². The van der Waals surface area contributed by atoms with E-state index in [2.05, 4.69) is 15.3 Å². The highest BCUT2D eigenvalue weighted by molar-refractivity contribution is 7.90. The van der Waals surface area contributed by atoms with Crippen molar-refractivity contribution in [2.24, 2.45) is 0 Å². The summed E-state index contributed by atoms with van der Waals surface area (Å²) >= 11 is 0. The molecule has 2 saturated carbocycles. The number of ether oxygens (including phenoxy) is 1. The lowest BCUT2D eigenvalue weighted by atomic mass is 9.84. The molecule has 0 saturated heterocycles. The fraction of sp³-hybridized carbons (Fsp3) is 0.467. The number of sulfone groups is 1. The number of benzene rings is 1. The Labute approximate surface area is 235 Å². The Morgan fingerprint density at radius 1 is 1.10 bits per heavy atom. The second-order valence-corrected chi connectivity index (χ2v) is 13.6. The van der Waals surface area contributed by atoms with Gasteiger partial charge < -0.3 is 10.1 Å². The van der Waals surface area contributed by atoms with E-state index in [1.807, 2.05) is 30.9 Å². The van der Waals surface area contributed by atoms with Crippen LogP contribution < -0.4 is 15.0 Å². The van der Waals surface area contributed by atoms with E-state index in [9.17, 15) is 13.2 Å². The van der Waals surface area contributed by atoms with Crippen molar-refractivity contribution in [2.45, 2.75) is 81.2 Å². The molecule has 6 rings (SSSR count). The predicted octanol–water partition coefficient (Wildman–Crippen LogP) is 5.15. The summed E-state index contributed by atoms with van der Waals surface area (Å²) in [6.07, 6.45) is 9.14. The lowest BCUT2D eigenvalue weighted by molar-refractivity contribution is 0.233. The highest BCUT2D eigenvalue weighted by atomic mass is 32.2. The van der Waals surface area contributed by atoms with Crippen molar-refractivity contribution < 1.29 is 17.9 Å². The Morgan fingerprint density at radius 2 is 1.82 bits per heavy atom. The summed E-state index contributed by atoms with van der Waals surface area (Å²) in [5.74, 6) is 0.964. The molecule has 210 valence electrons. The summed E-state index contributed by atoms with van der Waals surface area (Å²) in [6.45, 7) is 4.87. The molecule has 9 nitrogen and oxygen atoms in total. The molecule has 0 bridgehead atoms. The van der Waals surface area contributed by atoms with Crippen LogP contribution >= 0.6 is 0 Å². The predicted molar refractivity (Wildman–Crippen MR) is 152 cm³/mol. The third-order valence-corrected chi connectivity index (χ3v) is 9.27. The maximum absolute atomic E-state index is 13.5. The van der Waals surface area contributed by atoms with Crippen LogP contribution in [0.15, 0.2) is 47.6 Å². The molecule has 40 heavy (non-hydrogen) atoms. The number of pyridine rings is 1. The zero-order chi connectivity index (χ0) is 28.1. The van der Waals surface area contributed by atoms with Crippen molar-refractivity contribution in [2.75, 3.05) is 17.7 Å². The van der Waals surface area contributed by atoms with Crippen LogP contribution in [0.1, 0.15) is 75.2 Å². The van der Waals surface area contributed by atoms with Crippen molar-refractivity contribution in [1.29, 1.82) is 0 Å². The molecule has 2 aliphatic carbocycles. The number of nitrogens with zero attached hydrogens (tertiary/aromatic N) is 4. The standard InChI is InChI=1S/C30H35N5O4S/c1-19(2)39-28-25(26(21-8-9-21)32-18-33-28)23-12-13-24-27(34-23)30(14-4-5-15-30)17-35(24)29(36)31-16-20-6-10-22(11-7-20)40(3,37)38/h6-7,10-13,18-19,21H,4-5,8-9,14-17H2,1-3H3,(H,31,36). The van der Waals surface area contributed by atoms with Crippen LogP contribution in [-0.2, 0) is 21.8 Å². The first-order chi connectivity index (χ1) is 19.1. The van der Waals surface area contributed by atoms with Gasteiger partial charge in [-0.25, -0.2) is 28.2 Å². The van der Waals surface area contributed by atoms with Gasteiger partial charge in [0.25, 0.3) is 0 Å². The number of anilines is 1. The molecular formula is C30H35N5O4S. The molecule has 1 aromatic carbocycles. The van der Waals surface area contributed by atoms with E-state index in [0.29, 0.717) is 24.9 Å². The summed E-state index contributed by atoms with van der Waals surface area (Å²) in [5.41, 5.74) is 5.13. The number of rotatable bonds is 7. The third-order valence-electron chi connectivity index (χ3n) is 8.14. The summed E-state index contributed by atoms with van der Waals surface area (Å²) in [5, 5.41) is 3.03. The van der Waals surface area contributed by atoms with Crippen molar-refractivity contribution in [3.63, 3.8) is 0 Å². The van der Waals surface area contributed by atoms with Crippen LogP contribution in [0.25, 0.3) is 11.3 Å². The number of hydrogen-bond donors (Lipinski definition) is 1. The minimum absolute atomic E-state index is 0.0296. The Hall–Kier alpha value is -3.53. The smallest absolute Gasteiger partial charge is 0.322 e. The Balaban J connectivity index is 1.31. The number of nitrogens with one attached hydrogen (secondary N) is 1. The van der Waals surface area contributed by atoms with Crippen LogP contribution in [0.3, 0.4) is 0 Å². The molecule has 3 aliphatic rings. The maximum atomic E-state index is 13.5. The molecule has 0 unspecified atom stereocenters. The number of aromatic nitrogens is 3. The van der Waals surface area contributed by atoms with Crippen LogP contribution in [0.2, 0.25) is 0 Å². The summed E-state index contributed by atoms with van der Waals surface area (Å²) in [4.78, 5) is 29.9. The van der Waals surface area contributed by atoms with Gasteiger partial charge in [-0.05, 0) is 69.4 Å². The van der Waals surface area contributed by atoms with Crippen molar-refractivity contribution in [3.8, 4) is 17.1 Å². The molecule has 2 aromatic heterocycles. The van der Waals surface area contributed by atoms with Gasteiger partial charge in [0.15, 0.2) is 9.84 Å². The minimum Gasteiger partial charge on any atom is -0.474 e. The van der Waals surface area contributed by atoms with E-state index in [0.717, 1.165) is 72.4 Å². The highest BCUT2D eigenvalue weighted by Gasteiger charge is 2.48. The van der Waals surface area contributed by atoms with Gasteiger partial charge in [0.2, 0.25) is 5.88 Å². The summed E-state index contributed by atoms with van der Waals surface area (Å²) < 4.78 is 29.6. The van der Waals surface area contributed by atoms with E-state index in [4.69, 9.17) is 9.72 Å². The molecule has 0 atom stereocenters. The fourth-order valence-electron chi connectivity index (χ4n) is 6.02. The Kier molecular flexibility index (Phi) is 6.76. The first kappa shape index (κ1) is 26.7. The fourth-order valence-corrected chi connectivity index (χ4v) is 6.65. The van der Waals surface area contributed by atoms with Gasteiger partial charge in [-0.1, -0.05) is 25.0 Å². The normalized spacial score (nSPS) is 17.9. The first-order valence-corrected chi connectivity index (χ1v) is 15.9. The Bertz CT molecular complexity index is 1540. The molecule has 2 fully saturated rings. The second kappa shape index (κ2) is 10.1. The number of carbonyl (C=O) groups excluding carboxylic acids is 1. The largest absolute Gasteiger partial charge is 0.474 e. The Morgan fingerprint density at radius 3 is 2.48 bits per heavy atom. The van der Waals surface area contributed by atoms with Crippen molar-refractivity contribution in [1.82, 2.24) is 20.3 Å². The van der Waals surface area contributed by atoms with Crippen LogP contribution in [-0.4, -0.2) is 48.3 Å². The molecule has 1 spiro atoms. The SMILES string of the molecule is CC(C)Oc1ncnc(C2CC2)c1-c1ccc2c(n1)C1(CCCC1)CN2C(=O)NCc1ccc(S(C)(=O)=O)cc1. The molecule has 10 heteroatoms. The minimum atomic E-state index is -3.27.